The van der Waals surface area contributed by atoms with Gasteiger partial charge in [0, 0.05) is 10.8 Å². The van der Waals surface area contributed by atoms with Crippen molar-refractivity contribution in [2.24, 2.45) is 5.10 Å². The summed E-state index contributed by atoms with van der Waals surface area (Å²) in [5.74, 6) is 1.00. The summed E-state index contributed by atoms with van der Waals surface area (Å²) < 4.78 is 14.0. The maximum atomic E-state index is 12.9. The molecule has 1 amide bonds. The number of hydrogen-bond donors (Lipinski definition) is 1. The van der Waals surface area contributed by atoms with Crippen LogP contribution in [0.4, 0.5) is 0 Å². The van der Waals surface area contributed by atoms with Crippen LogP contribution in [0.5, 0.6) is 11.5 Å². The van der Waals surface area contributed by atoms with E-state index in [4.69, 9.17) is 9.47 Å². The number of methoxy groups -OCH3 is 1. The van der Waals surface area contributed by atoms with Crippen LogP contribution in [0.3, 0.4) is 0 Å². The van der Waals surface area contributed by atoms with E-state index in [-0.39, 0.29) is 17.9 Å². The number of para-hydroxylation sites is 2. The minimum atomic E-state index is -0.306. The van der Waals surface area contributed by atoms with Crippen molar-refractivity contribution in [1.29, 1.82) is 0 Å². The number of benzene rings is 3. The zero-order valence-electron chi connectivity index (χ0n) is 18.9. The molecule has 3 aromatic carbocycles. The summed E-state index contributed by atoms with van der Waals surface area (Å²) in [6, 6.07) is 18.3. The fourth-order valence-electron chi connectivity index (χ4n) is 3.76. The van der Waals surface area contributed by atoms with E-state index in [0.29, 0.717) is 39.9 Å². The fourth-order valence-corrected chi connectivity index (χ4v) is 4.54. The van der Waals surface area contributed by atoms with Gasteiger partial charge in [0.25, 0.3) is 5.91 Å². The first kappa shape index (κ1) is 23.7. The van der Waals surface area contributed by atoms with Crippen LogP contribution in [0.1, 0.15) is 18.9 Å². The van der Waals surface area contributed by atoms with E-state index in [2.05, 4.69) is 33.1 Å². The molecule has 0 aliphatic heterocycles. The monoisotopic (exact) mass is 569 g/mol. The van der Waals surface area contributed by atoms with Crippen LogP contribution in [0.25, 0.3) is 21.8 Å². The van der Waals surface area contributed by atoms with Gasteiger partial charge in [0.15, 0.2) is 16.9 Å². The molecule has 7 nitrogen and oxygen atoms in total. The Morgan fingerprint density at radius 3 is 2.35 bits per heavy atom. The predicted octanol–water partition coefficient (Wildman–Crippen LogP) is 4.71. The maximum absolute atomic E-state index is 12.9. The standard InChI is InChI=1S/C26H24IN3O4/c1-3-12-34-26-20(27)13-17(14-23(26)33-2)15-28-29-24(31)16-30-21-10-6-4-8-18(21)25(32)19-9-5-7-11-22(19)30/h4-11,13-15H,3,12,16H2,1-2H3,(H,29,31). The number of pyridine rings is 1. The lowest BCUT2D eigenvalue weighted by Crippen LogP contribution is -2.25. The number of hydrogen-bond acceptors (Lipinski definition) is 5. The number of nitrogens with zero attached hydrogens (tertiary/aromatic N) is 2. The van der Waals surface area contributed by atoms with Gasteiger partial charge in [-0.3, -0.25) is 9.59 Å². The third-order valence-corrected chi connectivity index (χ3v) is 6.09. The zero-order valence-corrected chi connectivity index (χ0v) is 21.0. The average Bonchev–Trinajstić information content (AvgIpc) is 2.85. The molecule has 4 aromatic rings. The molecule has 0 bridgehead atoms. The minimum Gasteiger partial charge on any atom is -0.493 e. The first-order valence-electron chi connectivity index (χ1n) is 10.9. The van der Waals surface area contributed by atoms with Crippen LogP contribution in [0, 0.1) is 3.57 Å². The molecule has 0 aliphatic carbocycles. The highest BCUT2D eigenvalue weighted by atomic mass is 127. The van der Waals surface area contributed by atoms with E-state index in [1.807, 2.05) is 60.0 Å². The summed E-state index contributed by atoms with van der Waals surface area (Å²) in [4.78, 5) is 25.6. The third-order valence-electron chi connectivity index (χ3n) is 5.29. The van der Waals surface area contributed by atoms with Crippen molar-refractivity contribution in [1.82, 2.24) is 9.99 Å². The van der Waals surface area contributed by atoms with Crippen LogP contribution in [-0.4, -0.2) is 30.4 Å². The molecule has 0 atom stereocenters. The van der Waals surface area contributed by atoms with Gasteiger partial charge in [-0.2, -0.15) is 5.10 Å². The molecule has 1 N–H and O–H groups in total. The van der Waals surface area contributed by atoms with E-state index < -0.39 is 0 Å². The third kappa shape index (κ3) is 4.91. The van der Waals surface area contributed by atoms with Gasteiger partial charge in [-0.05, 0) is 71.0 Å². The summed E-state index contributed by atoms with van der Waals surface area (Å²) in [5.41, 5.74) is 4.71. The number of fused-ring (bicyclic) bond motifs is 2. The Bertz CT molecular complexity index is 1390. The van der Waals surface area contributed by atoms with Crippen molar-refractivity contribution in [2.45, 2.75) is 19.9 Å². The normalized spacial score (nSPS) is 11.3. The smallest absolute Gasteiger partial charge is 0.260 e. The Morgan fingerprint density at radius 2 is 1.74 bits per heavy atom. The molecule has 1 aromatic heterocycles. The van der Waals surface area contributed by atoms with Gasteiger partial charge in [0.1, 0.15) is 6.54 Å². The number of halogens is 1. The number of amides is 1. The number of nitrogens with one attached hydrogen (secondary N) is 1. The van der Waals surface area contributed by atoms with Crippen molar-refractivity contribution >= 4 is 56.5 Å². The van der Waals surface area contributed by atoms with Gasteiger partial charge >= 0.3 is 0 Å². The predicted molar refractivity (Wildman–Crippen MR) is 143 cm³/mol. The Hall–Kier alpha value is -3.40. The first-order chi connectivity index (χ1) is 16.5. The molecule has 8 heteroatoms. The number of hydrazone groups is 1. The van der Waals surface area contributed by atoms with Crippen LogP contribution in [0.2, 0.25) is 0 Å². The second kappa shape index (κ2) is 10.7. The van der Waals surface area contributed by atoms with Gasteiger partial charge in [-0.1, -0.05) is 31.2 Å². The highest BCUT2D eigenvalue weighted by molar-refractivity contribution is 14.1. The van der Waals surface area contributed by atoms with Crippen molar-refractivity contribution in [3.63, 3.8) is 0 Å². The lowest BCUT2D eigenvalue weighted by atomic mass is 10.1. The topological polar surface area (TPSA) is 81.9 Å². The summed E-state index contributed by atoms with van der Waals surface area (Å²) in [6.07, 6.45) is 2.46. The van der Waals surface area contributed by atoms with Gasteiger partial charge < -0.3 is 14.0 Å². The zero-order chi connectivity index (χ0) is 24.1. The van der Waals surface area contributed by atoms with E-state index in [1.165, 1.54) is 0 Å². The van der Waals surface area contributed by atoms with Crippen molar-refractivity contribution in [2.75, 3.05) is 13.7 Å². The quantitative estimate of drug-likeness (QED) is 0.144. The van der Waals surface area contributed by atoms with Crippen molar-refractivity contribution in [3.05, 3.63) is 80.0 Å². The average molecular weight is 569 g/mol. The summed E-state index contributed by atoms with van der Waals surface area (Å²) >= 11 is 2.19. The maximum Gasteiger partial charge on any atom is 0.260 e. The van der Waals surface area contributed by atoms with E-state index in [0.717, 1.165) is 15.6 Å². The number of rotatable bonds is 8. The Balaban J connectivity index is 1.57. The van der Waals surface area contributed by atoms with Crippen LogP contribution < -0.4 is 20.3 Å². The minimum absolute atomic E-state index is 0.0172. The van der Waals surface area contributed by atoms with Gasteiger partial charge in [-0.15, -0.1) is 0 Å². The Morgan fingerprint density at radius 1 is 1.09 bits per heavy atom. The molecule has 0 aliphatic rings. The second-order valence-corrected chi connectivity index (χ2v) is 8.79. The Labute approximate surface area is 210 Å². The second-order valence-electron chi connectivity index (χ2n) is 7.63. The van der Waals surface area contributed by atoms with E-state index in [1.54, 1.807) is 25.5 Å². The summed E-state index contributed by atoms with van der Waals surface area (Å²) in [6.45, 7) is 2.66. The van der Waals surface area contributed by atoms with Gasteiger partial charge in [0.05, 0.1) is 34.5 Å². The molecule has 0 unspecified atom stereocenters. The molecular weight excluding hydrogens is 545 g/mol. The van der Waals surface area contributed by atoms with E-state index in [9.17, 15) is 9.59 Å². The molecule has 34 heavy (non-hydrogen) atoms. The van der Waals surface area contributed by atoms with Crippen molar-refractivity contribution in [3.8, 4) is 11.5 Å². The number of carbonyl (C=O) groups excluding carboxylic acids is 1. The molecule has 0 fully saturated rings. The van der Waals surface area contributed by atoms with Crippen LogP contribution in [-0.2, 0) is 11.3 Å². The lowest BCUT2D eigenvalue weighted by Gasteiger charge is -2.14. The van der Waals surface area contributed by atoms with Gasteiger partial charge in [-0.25, -0.2) is 5.43 Å². The molecule has 0 saturated heterocycles. The molecule has 0 radical (unpaired) electrons. The molecule has 1 heterocycles. The SMILES string of the molecule is CCCOc1c(I)cc(C=NNC(=O)Cn2c3ccccc3c(=O)c3ccccc32)cc1OC. The summed E-state index contributed by atoms with van der Waals surface area (Å²) in [7, 11) is 1.59. The molecule has 0 spiro atoms. The van der Waals surface area contributed by atoms with Gasteiger partial charge in [0.2, 0.25) is 0 Å². The largest absolute Gasteiger partial charge is 0.493 e. The lowest BCUT2D eigenvalue weighted by molar-refractivity contribution is -0.121. The van der Waals surface area contributed by atoms with E-state index >= 15 is 0 Å². The van der Waals surface area contributed by atoms with Crippen LogP contribution >= 0.6 is 22.6 Å². The number of carbonyl (C=O) groups is 1. The van der Waals surface area contributed by atoms with Crippen LogP contribution in [0.15, 0.2) is 70.6 Å². The van der Waals surface area contributed by atoms with Crippen molar-refractivity contribution < 1.29 is 14.3 Å². The summed E-state index contributed by atoms with van der Waals surface area (Å²) in [5, 5.41) is 5.27. The Kier molecular flexibility index (Phi) is 7.46. The number of ether oxygens (including phenoxy) is 2. The highest BCUT2D eigenvalue weighted by Crippen LogP contribution is 2.33. The molecular formula is C26H24IN3O4. The molecule has 0 saturated carbocycles. The molecule has 174 valence electrons. The fraction of sp³-hybridized carbons (Fsp3) is 0.192. The highest BCUT2D eigenvalue weighted by Gasteiger charge is 2.13. The molecule has 4 rings (SSSR count). The number of aromatic nitrogens is 1. The first-order valence-corrected chi connectivity index (χ1v) is 11.9.